The molecule has 0 aromatic heterocycles. The summed E-state index contributed by atoms with van der Waals surface area (Å²) in [6, 6.07) is 20.2. The van der Waals surface area contributed by atoms with E-state index in [0.29, 0.717) is 19.0 Å². The molecular formula is C19H17O2S. The molecule has 0 bridgehead atoms. The number of ether oxygens (including phenoxy) is 2. The molecule has 0 atom stereocenters. The molecule has 111 valence electrons. The zero-order valence-corrected chi connectivity index (χ0v) is 13.0. The van der Waals surface area contributed by atoms with Gasteiger partial charge >= 0.3 is 0 Å². The van der Waals surface area contributed by atoms with Gasteiger partial charge in [-0.15, -0.1) is 11.8 Å². The quantitative estimate of drug-likeness (QED) is 0.771. The SMILES string of the molecule is [C]1=C(OCc2ccccc2)C(OCc2ccccc2)=CCS1. The summed E-state index contributed by atoms with van der Waals surface area (Å²) in [4.78, 5) is 0. The maximum absolute atomic E-state index is 5.89. The van der Waals surface area contributed by atoms with Gasteiger partial charge in [-0.05, 0) is 17.2 Å². The Morgan fingerprint density at radius 1 is 0.818 bits per heavy atom. The van der Waals surface area contributed by atoms with Crippen molar-refractivity contribution in [2.24, 2.45) is 0 Å². The van der Waals surface area contributed by atoms with E-state index in [0.717, 1.165) is 22.6 Å². The summed E-state index contributed by atoms with van der Waals surface area (Å²) in [6.07, 6.45) is 2.05. The minimum atomic E-state index is 0.524. The van der Waals surface area contributed by atoms with Crippen molar-refractivity contribution in [2.75, 3.05) is 5.75 Å². The average Bonchev–Trinajstić information content (AvgIpc) is 2.61. The smallest absolute Gasteiger partial charge is 0.176 e. The molecule has 0 saturated heterocycles. The van der Waals surface area contributed by atoms with E-state index in [-0.39, 0.29) is 0 Å². The monoisotopic (exact) mass is 309 g/mol. The normalized spacial score (nSPS) is 14.0. The Bertz CT molecular complexity index is 588. The lowest BCUT2D eigenvalue weighted by Gasteiger charge is -2.17. The molecule has 3 heteroatoms. The third-order valence-electron chi connectivity index (χ3n) is 3.20. The van der Waals surface area contributed by atoms with Crippen LogP contribution >= 0.6 is 11.8 Å². The van der Waals surface area contributed by atoms with Crippen LogP contribution in [0.1, 0.15) is 11.1 Å². The van der Waals surface area contributed by atoms with Crippen molar-refractivity contribution >= 4 is 11.8 Å². The van der Waals surface area contributed by atoms with E-state index in [1.165, 1.54) is 0 Å². The van der Waals surface area contributed by atoms with E-state index in [1.807, 2.05) is 54.6 Å². The first-order valence-corrected chi connectivity index (χ1v) is 8.19. The third kappa shape index (κ3) is 4.18. The van der Waals surface area contributed by atoms with E-state index < -0.39 is 0 Å². The number of rotatable bonds is 6. The highest BCUT2D eigenvalue weighted by molar-refractivity contribution is 8.01. The minimum Gasteiger partial charge on any atom is -0.485 e. The number of hydrogen-bond acceptors (Lipinski definition) is 3. The lowest BCUT2D eigenvalue weighted by molar-refractivity contribution is 0.135. The Morgan fingerprint density at radius 2 is 1.41 bits per heavy atom. The van der Waals surface area contributed by atoms with E-state index in [1.54, 1.807) is 11.8 Å². The fourth-order valence-electron chi connectivity index (χ4n) is 2.06. The molecule has 1 radical (unpaired) electrons. The van der Waals surface area contributed by atoms with Gasteiger partial charge in [-0.1, -0.05) is 60.7 Å². The lowest BCUT2D eigenvalue weighted by Crippen LogP contribution is -2.05. The van der Waals surface area contributed by atoms with Crippen LogP contribution in [-0.4, -0.2) is 5.75 Å². The topological polar surface area (TPSA) is 18.5 Å². The first-order chi connectivity index (χ1) is 10.9. The molecule has 1 aliphatic heterocycles. The highest BCUT2D eigenvalue weighted by Crippen LogP contribution is 2.25. The van der Waals surface area contributed by atoms with Crippen molar-refractivity contribution < 1.29 is 9.47 Å². The fourth-order valence-corrected chi connectivity index (χ4v) is 2.67. The third-order valence-corrected chi connectivity index (χ3v) is 3.87. The summed E-state index contributed by atoms with van der Waals surface area (Å²) in [5, 5.41) is 3.19. The lowest BCUT2D eigenvalue weighted by atomic mass is 10.2. The van der Waals surface area contributed by atoms with E-state index >= 15 is 0 Å². The molecule has 2 aromatic carbocycles. The second-order valence-corrected chi connectivity index (χ2v) is 5.69. The molecule has 3 rings (SSSR count). The molecule has 0 unspecified atom stereocenters. The van der Waals surface area contributed by atoms with Crippen LogP contribution in [0.2, 0.25) is 0 Å². The van der Waals surface area contributed by atoms with Crippen LogP contribution in [0.25, 0.3) is 0 Å². The maximum Gasteiger partial charge on any atom is 0.176 e. The molecule has 0 saturated carbocycles. The molecule has 2 nitrogen and oxygen atoms in total. The van der Waals surface area contributed by atoms with Crippen molar-refractivity contribution in [3.8, 4) is 0 Å². The summed E-state index contributed by atoms with van der Waals surface area (Å²) in [5.41, 5.74) is 2.28. The first kappa shape index (κ1) is 14.8. The van der Waals surface area contributed by atoms with Gasteiger partial charge in [0.1, 0.15) is 13.2 Å². The van der Waals surface area contributed by atoms with Gasteiger partial charge in [-0.3, -0.25) is 0 Å². The van der Waals surface area contributed by atoms with E-state index in [2.05, 4.69) is 17.5 Å². The summed E-state index contributed by atoms with van der Waals surface area (Å²) in [6.45, 7) is 1.06. The number of thioether (sulfide) groups is 1. The summed E-state index contributed by atoms with van der Waals surface area (Å²) >= 11 is 1.60. The van der Waals surface area contributed by atoms with Crippen LogP contribution in [0.15, 0.2) is 78.3 Å². The standard InChI is InChI=1S/C19H17O2S/c1-3-7-16(8-4-1)13-20-18-11-12-22-15-19(18)21-14-17-9-5-2-6-10-17/h1-11H,12-14H2. The van der Waals surface area contributed by atoms with Crippen molar-refractivity contribution in [2.45, 2.75) is 13.2 Å². The van der Waals surface area contributed by atoms with E-state index in [4.69, 9.17) is 9.47 Å². The second kappa shape index (κ2) is 7.76. The molecular weight excluding hydrogens is 292 g/mol. The van der Waals surface area contributed by atoms with E-state index in [9.17, 15) is 0 Å². The predicted molar refractivity (Wildman–Crippen MR) is 89.8 cm³/mol. The van der Waals surface area contributed by atoms with Gasteiger partial charge < -0.3 is 9.47 Å². The molecule has 1 heterocycles. The van der Waals surface area contributed by atoms with Crippen LogP contribution in [0, 0.1) is 5.41 Å². The second-order valence-electron chi connectivity index (χ2n) is 4.86. The Balaban J connectivity index is 1.58. The van der Waals surface area contributed by atoms with Crippen LogP contribution in [0.4, 0.5) is 0 Å². The molecule has 0 spiro atoms. The van der Waals surface area contributed by atoms with Crippen molar-refractivity contribution in [3.63, 3.8) is 0 Å². The molecule has 0 fully saturated rings. The average molecular weight is 309 g/mol. The van der Waals surface area contributed by atoms with Gasteiger partial charge in [0.25, 0.3) is 0 Å². The molecule has 0 N–H and O–H groups in total. The Kier molecular flexibility index (Phi) is 5.22. The molecule has 0 amide bonds. The number of benzene rings is 2. The van der Waals surface area contributed by atoms with Gasteiger partial charge in [0.2, 0.25) is 0 Å². The highest BCUT2D eigenvalue weighted by atomic mass is 32.2. The van der Waals surface area contributed by atoms with Crippen molar-refractivity contribution in [1.82, 2.24) is 0 Å². The van der Waals surface area contributed by atoms with Gasteiger partial charge in [-0.25, -0.2) is 0 Å². The van der Waals surface area contributed by atoms with Crippen LogP contribution in [0.5, 0.6) is 0 Å². The summed E-state index contributed by atoms with van der Waals surface area (Å²) in [7, 11) is 0. The van der Waals surface area contributed by atoms with Gasteiger partial charge in [-0.2, -0.15) is 0 Å². The first-order valence-electron chi connectivity index (χ1n) is 7.20. The predicted octanol–water partition coefficient (Wildman–Crippen LogP) is 4.70. The largest absolute Gasteiger partial charge is 0.485 e. The fraction of sp³-hybridized carbons (Fsp3) is 0.158. The zero-order chi connectivity index (χ0) is 15.0. The minimum absolute atomic E-state index is 0.524. The summed E-state index contributed by atoms with van der Waals surface area (Å²) in [5.74, 6) is 2.33. The van der Waals surface area contributed by atoms with Gasteiger partial charge in [0.15, 0.2) is 11.5 Å². The van der Waals surface area contributed by atoms with Crippen molar-refractivity contribution in [3.05, 3.63) is 94.8 Å². The molecule has 22 heavy (non-hydrogen) atoms. The Labute approximate surface area is 135 Å². The molecule has 1 aliphatic rings. The molecule has 2 aromatic rings. The Morgan fingerprint density at radius 3 is 2.05 bits per heavy atom. The van der Waals surface area contributed by atoms with Crippen molar-refractivity contribution in [1.29, 1.82) is 0 Å². The Hall–Kier alpha value is -2.13. The van der Waals surface area contributed by atoms with Crippen LogP contribution < -0.4 is 0 Å². The highest BCUT2D eigenvalue weighted by Gasteiger charge is 2.13. The zero-order valence-electron chi connectivity index (χ0n) is 12.2. The number of hydrogen-bond donors (Lipinski definition) is 0. The van der Waals surface area contributed by atoms with Crippen LogP contribution in [0.3, 0.4) is 0 Å². The van der Waals surface area contributed by atoms with Gasteiger partial charge in [0.05, 0.1) is 5.41 Å². The summed E-state index contributed by atoms with van der Waals surface area (Å²) < 4.78 is 11.8. The maximum atomic E-state index is 5.89. The molecule has 0 aliphatic carbocycles. The van der Waals surface area contributed by atoms with Crippen LogP contribution in [-0.2, 0) is 22.7 Å². The van der Waals surface area contributed by atoms with Gasteiger partial charge in [0, 0.05) is 5.75 Å².